The minimum absolute atomic E-state index is 0.418. The van der Waals surface area contributed by atoms with Gasteiger partial charge in [0.15, 0.2) is 0 Å². The van der Waals surface area contributed by atoms with Crippen LogP contribution < -0.4 is 10.6 Å². The lowest BCUT2D eigenvalue weighted by Crippen LogP contribution is -2.42. The molecule has 1 fully saturated rings. The van der Waals surface area contributed by atoms with Crippen LogP contribution >= 0.6 is 0 Å². The molecule has 5 heteroatoms. The van der Waals surface area contributed by atoms with Gasteiger partial charge in [-0.25, -0.2) is 0 Å². The van der Waals surface area contributed by atoms with Crippen LogP contribution in [0.15, 0.2) is 24.3 Å². The molecule has 2 rings (SSSR count). The van der Waals surface area contributed by atoms with Gasteiger partial charge in [-0.2, -0.15) is 13.2 Å². The molecule has 1 atom stereocenters. The SMILES string of the molecule is FC(F)(F)c1ccc(CN[C@H]2CCCNC2)cc1. The summed E-state index contributed by atoms with van der Waals surface area (Å²) in [5, 5.41) is 6.64. The van der Waals surface area contributed by atoms with E-state index in [0.717, 1.165) is 43.6 Å². The summed E-state index contributed by atoms with van der Waals surface area (Å²) in [6, 6.07) is 5.76. The molecular weight excluding hydrogens is 241 g/mol. The van der Waals surface area contributed by atoms with Crippen LogP contribution in [0.2, 0.25) is 0 Å². The molecule has 0 amide bonds. The van der Waals surface area contributed by atoms with Gasteiger partial charge in [0, 0.05) is 19.1 Å². The predicted octanol–water partition coefficient (Wildman–Crippen LogP) is 2.55. The van der Waals surface area contributed by atoms with E-state index >= 15 is 0 Å². The highest BCUT2D eigenvalue weighted by molar-refractivity contribution is 5.24. The van der Waals surface area contributed by atoms with Crippen LogP contribution in [0, 0.1) is 0 Å². The highest BCUT2D eigenvalue weighted by Crippen LogP contribution is 2.29. The van der Waals surface area contributed by atoms with Gasteiger partial charge in [-0.15, -0.1) is 0 Å². The molecule has 1 heterocycles. The van der Waals surface area contributed by atoms with Gasteiger partial charge in [-0.05, 0) is 37.1 Å². The summed E-state index contributed by atoms with van der Waals surface area (Å²) in [7, 11) is 0. The molecule has 0 spiro atoms. The molecule has 1 aliphatic heterocycles. The zero-order valence-corrected chi connectivity index (χ0v) is 10.1. The van der Waals surface area contributed by atoms with Gasteiger partial charge in [-0.3, -0.25) is 0 Å². The summed E-state index contributed by atoms with van der Waals surface area (Å²) in [4.78, 5) is 0. The second-order valence-corrected chi connectivity index (χ2v) is 4.62. The first kappa shape index (κ1) is 13.4. The van der Waals surface area contributed by atoms with Crippen LogP contribution in [-0.2, 0) is 12.7 Å². The van der Waals surface area contributed by atoms with Crippen molar-refractivity contribution in [2.75, 3.05) is 13.1 Å². The smallest absolute Gasteiger partial charge is 0.315 e. The Hall–Kier alpha value is -1.07. The lowest BCUT2D eigenvalue weighted by Gasteiger charge is -2.24. The Morgan fingerprint density at radius 1 is 1.22 bits per heavy atom. The van der Waals surface area contributed by atoms with E-state index in [-0.39, 0.29) is 0 Å². The number of piperidine rings is 1. The monoisotopic (exact) mass is 258 g/mol. The van der Waals surface area contributed by atoms with Crippen molar-refractivity contribution >= 4 is 0 Å². The zero-order chi connectivity index (χ0) is 13.0. The number of halogens is 3. The number of benzene rings is 1. The summed E-state index contributed by atoms with van der Waals surface area (Å²) in [6.07, 6.45) is -1.99. The van der Waals surface area contributed by atoms with E-state index in [1.807, 2.05) is 0 Å². The van der Waals surface area contributed by atoms with Crippen molar-refractivity contribution in [2.45, 2.75) is 31.6 Å². The van der Waals surface area contributed by atoms with Gasteiger partial charge in [0.2, 0.25) is 0 Å². The molecule has 0 radical (unpaired) electrons. The first-order valence-corrected chi connectivity index (χ1v) is 6.16. The normalized spacial score (nSPS) is 20.9. The van der Waals surface area contributed by atoms with E-state index in [1.165, 1.54) is 12.1 Å². The number of hydrogen-bond donors (Lipinski definition) is 2. The number of rotatable bonds is 3. The van der Waals surface area contributed by atoms with Crippen molar-refractivity contribution in [1.29, 1.82) is 0 Å². The lowest BCUT2D eigenvalue weighted by molar-refractivity contribution is -0.137. The molecule has 0 aromatic heterocycles. The molecule has 1 aromatic carbocycles. The van der Waals surface area contributed by atoms with Crippen LogP contribution in [-0.4, -0.2) is 19.1 Å². The summed E-state index contributed by atoms with van der Waals surface area (Å²) < 4.78 is 37.1. The quantitative estimate of drug-likeness (QED) is 0.870. The maximum Gasteiger partial charge on any atom is 0.416 e. The molecule has 2 N–H and O–H groups in total. The highest BCUT2D eigenvalue weighted by Gasteiger charge is 2.29. The molecule has 0 unspecified atom stereocenters. The van der Waals surface area contributed by atoms with Gasteiger partial charge in [0.05, 0.1) is 5.56 Å². The largest absolute Gasteiger partial charge is 0.416 e. The van der Waals surface area contributed by atoms with Crippen molar-refractivity contribution in [3.63, 3.8) is 0 Å². The van der Waals surface area contributed by atoms with Gasteiger partial charge < -0.3 is 10.6 Å². The van der Waals surface area contributed by atoms with Crippen molar-refractivity contribution in [3.05, 3.63) is 35.4 Å². The molecule has 100 valence electrons. The third kappa shape index (κ3) is 3.71. The van der Waals surface area contributed by atoms with Gasteiger partial charge in [0.1, 0.15) is 0 Å². The van der Waals surface area contributed by atoms with Crippen LogP contribution in [0.25, 0.3) is 0 Å². The molecule has 1 aromatic rings. The van der Waals surface area contributed by atoms with Crippen LogP contribution in [0.3, 0.4) is 0 Å². The number of hydrogen-bond acceptors (Lipinski definition) is 2. The summed E-state index contributed by atoms with van der Waals surface area (Å²) >= 11 is 0. The summed E-state index contributed by atoms with van der Waals surface area (Å²) in [5.74, 6) is 0. The Morgan fingerprint density at radius 3 is 2.50 bits per heavy atom. The van der Waals surface area contributed by atoms with Crippen molar-refractivity contribution in [3.8, 4) is 0 Å². The standard InChI is InChI=1S/C13H17F3N2/c14-13(15,16)11-5-3-10(4-6-11)8-18-12-2-1-7-17-9-12/h3-6,12,17-18H,1-2,7-9H2/t12-/m0/s1. The van der Waals surface area contributed by atoms with E-state index in [2.05, 4.69) is 10.6 Å². The minimum Gasteiger partial charge on any atom is -0.315 e. The topological polar surface area (TPSA) is 24.1 Å². The van der Waals surface area contributed by atoms with Gasteiger partial charge in [0.25, 0.3) is 0 Å². The van der Waals surface area contributed by atoms with Crippen LogP contribution in [0.4, 0.5) is 13.2 Å². The van der Waals surface area contributed by atoms with E-state index in [4.69, 9.17) is 0 Å². The Morgan fingerprint density at radius 2 is 1.94 bits per heavy atom. The fourth-order valence-electron chi connectivity index (χ4n) is 2.10. The minimum atomic E-state index is -4.25. The van der Waals surface area contributed by atoms with Crippen molar-refractivity contribution in [2.24, 2.45) is 0 Å². The first-order valence-electron chi connectivity index (χ1n) is 6.16. The van der Waals surface area contributed by atoms with Gasteiger partial charge >= 0.3 is 6.18 Å². The predicted molar refractivity (Wildman–Crippen MR) is 64.2 cm³/mol. The Labute approximate surface area is 105 Å². The van der Waals surface area contributed by atoms with Gasteiger partial charge in [-0.1, -0.05) is 12.1 Å². The number of alkyl halides is 3. The highest BCUT2D eigenvalue weighted by atomic mass is 19.4. The van der Waals surface area contributed by atoms with Crippen molar-refractivity contribution < 1.29 is 13.2 Å². The Balaban J connectivity index is 1.86. The fourth-order valence-corrected chi connectivity index (χ4v) is 2.10. The average molecular weight is 258 g/mol. The molecule has 0 aliphatic carbocycles. The summed E-state index contributed by atoms with van der Waals surface area (Å²) in [5.41, 5.74) is 0.291. The van der Waals surface area contributed by atoms with E-state index in [0.29, 0.717) is 12.6 Å². The van der Waals surface area contributed by atoms with Crippen LogP contribution in [0.5, 0.6) is 0 Å². The van der Waals surface area contributed by atoms with E-state index in [9.17, 15) is 13.2 Å². The third-order valence-electron chi connectivity index (χ3n) is 3.17. The number of nitrogens with one attached hydrogen (secondary N) is 2. The van der Waals surface area contributed by atoms with E-state index in [1.54, 1.807) is 0 Å². The molecule has 1 aliphatic rings. The molecule has 18 heavy (non-hydrogen) atoms. The average Bonchev–Trinajstić information content (AvgIpc) is 2.37. The molecule has 0 bridgehead atoms. The molecular formula is C13H17F3N2. The molecule has 1 saturated heterocycles. The fraction of sp³-hybridized carbons (Fsp3) is 0.538. The maximum absolute atomic E-state index is 12.4. The Bertz CT molecular complexity index is 367. The Kier molecular flexibility index (Phi) is 4.24. The first-order chi connectivity index (χ1) is 8.55. The molecule has 2 nitrogen and oxygen atoms in total. The van der Waals surface area contributed by atoms with Crippen molar-refractivity contribution in [1.82, 2.24) is 10.6 Å². The van der Waals surface area contributed by atoms with E-state index < -0.39 is 11.7 Å². The second kappa shape index (κ2) is 5.71. The second-order valence-electron chi connectivity index (χ2n) is 4.62. The lowest BCUT2D eigenvalue weighted by atomic mass is 10.1. The third-order valence-corrected chi connectivity index (χ3v) is 3.17. The van der Waals surface area contributed by atoms with Crippen LogP contribution in [0.1, 0.15) is 24.0 Å². The summed E-state index contributed by atoms with van der Waals surface area (Å²) in [6.45, 7) is 2.60. The zero-order valence-electron chi connectivity index (χ0n) is 10.1. The maximum atomic E-state index is 12.4. The molecule has 0 saturated carbocycles.